The normalized spacial score (nSPS) is 19.8. The SMILES string of the molecule is CCCCCCCCCCCCCCCC(=O)OC[C@H](COP(=O)(O)OP(=O)(O)OC[C@H]1O[C@@H](n2ccc(N)nc2=O)[C@@H](O)[C@H]1O)OC(=O)CCCCCCCCCCCCCCC. The van der Waals surface area contributed by atoms with Gasteiger partial charge in [-0.25, -0.2) is 13.9 Å². The highest BCUT2D eigenvalue weighted by atomic mass is 31.3. The molecule has 0 aliphatic carbocycles. The predicted octanol–water partition coefficient (Wildman–Crippen LogP) is 9.11. The van der Waals surface area contributed by atoms with E-state index in [2.05, 4.69) is 23.1 Å². The molecule has 6 N–H and O–H groups in total. The molecule has 18 nitrogen and oxygen atoms in total. The minimum atomic E-state index is -5.41. The summed E-state index contributed by atoms with van der Waals surface area (Å²) in [7, 11) is -10.8. The number of aliphatic hydroxyl groups is 2. The van der Waals surface area contributed by atoms with Crippen molar-refractivity contribution in [3.63, 3.8) is 0 Å². The minimum Gasteiger partial charge on any atom is -0.462 e. The Morgan fingerprint density at radius 2 is 1.12 bits per heavy atom. The Hall–Kier alpha value is -2.24. The zero-order chi connectivity index (χ0) is 47.1. The van der Waals surface area contributed by atoms with E-state index in [1.165, 1.54) is 115 Å². The number of unbranched alkanes of at least 4 members (excludes halogenated alkanes) is 24. The number of nitrogens with two attached hydrogens (primary N) is 1. The predicted molar refractivity (Wildman–Crippen MR) is 243 cm³/mol. The number of hydrogen-bond acceptors (Lipinski definition) is 15. The fourth-order valence-electron chi connectivity index (χ4n) is 7.43. The summed E-state index contributed by atoms with van der Waals surface area (Å²) in [6, 6.07) is 1.25. The molecular weight excluding hydrogens is 872 g/mol. The average Bonchev–Trinajstić information content (AvgIpc) is 3.52. The Kier molecular flexibility index (Phi) is 30.9. The van der Waals surface area contributed by atoms with Crippen molar-refractivity contribution in [1.29, 1.82) is 0 Å². The van der Waals surface area contributed by atoms with E-state index in [0.29, 0.717) is 12.8 Å². The number of phosphoric ester groups is 2. The van der Waals surface area contributed by atoms with Gasteiger partial charge in [-0.15, -0.1) is 0 Å². The molecule has 1 aliphatic heterocycles. The summed E-state index contributed by atoms with van der Waals surface area (Å²) >= 11 is 0. The molecular formula is C44H81N3O15P2. The lowest BCUT2D eigenvalue weighted by atomic mass is 10.0. The van der Waals surface area contributed by atoms with Crippen molar-refractivity contribution in [2.45, 2.75) is 224 Å². The first-order valence-electron chi connectivity index (χ1n) is 24.0. The number of nitrogens with zero attached hydrogens (tertiary/aromatic N) is 2. The van der Waals surface area contributed by atoms with Crippen LogP contribution in [0.5, 0.6) is 0 Å². The average molecular weight is 954 g/mol. The van der Waals surface area contributed by atoms with Gasteiger partial charge in [0, 0.05) is 19.0 Å². The number of aromatic nitrogens is 2. The molecule has 0 amide bonds. The maximum absolute atomic E-state index is 12.8. The van der Waals surface area contributed by atoms with Crippen molar-refractivity contribution in [3.05, 3.63) is 22.7 Å². The van der Waals surface area contributed by atoms with E-state index in [9.17, 15) is 43.5 Å². The van der Waals surface area contributed by atoms with Gasteiger partial charge in [-0.2, -0.15) is 9.29 Å². The van der Waals surface area contributed by atoms with Crippen LogP contribution in [0.25, 0.3) is 0 Å². The van der Waals surface area contributed by atoms with Crippen LogP contribution >= 0.6 is 15.6 Å². The fraction of sp³-hybridized carbons (Fsp3) is 0.864. The molecule has 0 radical (unpaired) electrons. The molecule has 64 heavy (non-hydrogen) atoms. The molecule has 0 aromatic carbocycles. The molecule has 0 bridgehead atoms. The Balaban J connectivity index is 1.82. The maximum Gasteiger partial charge on any atom is 0.481 e. The smallest absolute Gasteiger partial charge is 0.462 e. The van der Waals surface area contributed by atoms with Crippen LogP contribution in [0.2, 0.25) is 0 Å². The van der Waals surface area contributed by atoms with E-state index in [0.717, 1.165) is 55.9 Å². The van der Waals surface area contributed by atoms with E-state index in [1.54, 1.807) is 0 Å². The van der Waals surface area contributed by atoms with Crippen molar-refractivity contribution in [2.75, 3.05) is 25.6 Å². The third kappa shape index (κ3) is 26.8. The van der Waals surface area contributed by atoms with Gasteiger partial charge < -0.3 is 39.9 Å². The number of phosphoric acid groups is 2. The van der Waals surface area contributed by atoms with Gasteiger partial charge in [0.25, 0.3) is 0 Å². The topological polar surface area (TPSA) is 265 Å². The summed E-state index contributed by atoms with van der Waals surface area (Å²) in [5, 5.41) is 20.9. The van der Waals surface area contributed by atoms with Crippen LogP contribution in [0.4, 0.5) is 5.82 Å². The Bertz CT molecular complexity index is 1570. The number of hydrogen-bond donors (Lipinski definition) is 5. The molecule has 1 aromatic heterocycles. The summed E-state index contributed by atoms with van der Waals surface area (Å²) in [6.45, 7) is 2.16. The first-order valence-corrected chi connectivity index (χ1v) is 27.0. The Morgan fingerprint density at radius 1 is 0.688 bits per heavy atom. The number of rotatable bonds is 40. The molecule has 2 heterocycles. The summed E-state index contributed by atoms with van der Waals surface area (Å²) in [6.07, 6.45) is 23.3. The summed E-state index contributed by atoms with van der Waals surface area (Å²) in [5.74, 6) is -1.28. The van der Waals surface area contributed by atoms with Gasteiger partial charge in [0.15, 0.2) is 12.3 Å². The number of ether oxygens (including phenoxy) is 3. The summed E-state index contributed by atoms with van der Waals surface area (Å²) in [4.78, 5) is 61.7. The van der Waals surface area contributed by atoms with Crippen molar-refractivity contribution < 1.29 is 66.3 Å². The zero-order valence-corrected chi connectivity index (χ0v) is 40.4. The summed E-state index contributed by atoms with van der Waals surface area (Å²) in [5.41, 5.74) is 4.58. The third-order valence-corrected chi connectivity index (χ3v) is 13.8. The van der Waals surface area contributed by atoms with E-state index in [4.69, 9.17) is 29.0 Å². The standard InChI is InChI=1S/C44H81N3O15P2/c1-3-5-7-9-11-13-15-17-19-21-23-25-27-29-39(48)57-33-36(60-40(49)30-28-26-24-22-20-18-16-14-12-10-8-6-4-2)34-58-63(53,54)62-64(55,56)59-35-37-41(50)42(51)43(61-37)47-32-31-38(45)46-44(47)52/h31-32,36-37,41-43,50-51H,3-30,33-35H2,1-2H3,(H,53,54)(H,55,56)(H2,45,46,52)/t36-,37-,41+,42+,43-/m1/s1. The van der Waals surface area contributed by atoms with Crippen LogP contribution in [-0.4, -0.2) is 85.7 Å². The molecule has 1 fully saturated rings. The van der Waals surface area contributed by atoms with Gasteiger partial charge in [-0.3, -0.25) is 23.2 Å². The molecule has 0 spiro atoms. The van der Waals surface area contributed by atoms with E-state index < -0.39 is 83.7 Å². The first kappa shape index (κ1) is 57.9. The van der Waals surface area contributed by atoms with E-state index >= 15 is 0 Å². The molecule has 1 aromatic rings. The molecule has 20 heteroatoms. The van der Waals surface area contributed by atoms with Crippen LogP contribution in [-0.2, 0) is 46.3 Å². The number of aliphatic hydroxyl groups excluding tert-OH is 2. The van der Waals surface area contributed by atoms with Crippen LogP contribution in [0.3, 0.4) is 0 Å². The van der Waals surface area contributed by atoms with Crippen molar-refractivity contribution in [2.24, 2.45) is 0 Å². The van der Waals surface area contributed by atoms with Crippen molar-refractivity contribution in [3.8, 4) is 0 Å². The molecule has 1 saturated heterocycles. The monoisotopic (exact) mass is 954 g/mol. The second-order valence-electron chi connectivity index (χ2n) is 17.0. The number of anilines is 1. The second-order valence-corrected chi connectivity index (χ2v) is 20.0. The minimum absolute atomic E-state index is 0.0578. The molecule has 2 rings (SSSR count). The number of esters is 2. The molecule has 7 atom stereocenters. The van der Waals surface area contributed by atoms with Crippen molar-refractivity contribution >= 4 is 33.4 Å². The number of nitrogen functional groups attached to an aromatic ring is 1. The van der Waals surface area contributed by atoms with Gasteiger partial charge in [0.05, 0.1) is 13.2 Å². The molecule has 1 aliphatic rings. The third-order valence-electron chi connectivity index (χ3n) is 11.2. The Labute approximate surface area is 380 Å². The van der Waals surface area contributed by atoms with Gasteiger partial charge in [0.1, 0.15) is 30.7 Å². The van der Waals surface area contributed by atoms with Crippen LogP contribution in [0.1, 0.15) is 200 Å². The lowest BCUT2D eigenvalue weighted by Gasteiger charge is -2.21. The largest absolute Gasteiger partial charge is 0.481 e. The lowest BCUT2D eigenvalue weighted by molar-refractivity contribution is -0.161. The van der Waals surface area contributed by atoms with E-state index in [-0.39, 0.29) is 18.7 Å². The number of carbonyl (C=O) groups is 2. The number of carbonyl (C=O) groups excluding carboxylic acids is 2. The Morgan fingerprint density at radius 3 is 1.59 bits per heavy atom. The van der Waals surface area contributed by atoms with Crippen molar-refractivity contribution in [1.82, 2.24) is 9.55 Å². The maximum atomic E-state index is 12.8. The van der Waals surface area contributed by atoms with Gasteiger partial charge in [0.2, 0.25) is 0 Å². The van der Waals surface area contributed by atoms with Crippen LogP contribution in [0, 0.1) is 0 Å². The van der Waals surface area contributed by atoms with E-state index in [1.807, 2.05) is 0 Å². The van der Waals surface area contributed by atoms with Crippen LogP contribution in [0.15, 0.2) is 17.1 Å². The molecule has 372 valence electrons. The second kappa shape index (κ2) is 34.1. The van der Waals surface area contributed by atoms with Gasteiger partial charge in [-0.1, -0.05) is 168 Å². The zero-order valence-electron chi connectivity index (χ0n) is 38.6. The highest BCUT2D eigenvalue weighted by Gasteiger charge is 2.46. The summed E-state index contributed by atoms with van der Waals surface area (Å²) < 4.78 is 56.7. The quantitative estimate of drug-likeness (QED) is 0.0233. The highest BCUT2D eigenvalue weighted by Crippen LogP contribution is 2.60. The molecule has 2 unspecified atom stereocenters. The molecule has 0 saturated carbocycles. The lowest BCUT2D eigenvalue weighted by Crippen LogP contribution is -2.36. The fourth-order valence-corrected chi connectivity index (χ4v) is 9.54. The van der Waals surface area contributed by atoms with Crippen LogP contribution < -0.4 is 11.4 Å². The van der Waals surface area contributed by atoms with Gasteiger partial charge in [-0.05, 0) is 18.9 Å². The van der Waals surface area contributed by atoms with Gasteiger partial charge >= 0.3 is 33.3 Å². The first-order chi connectivity index (χ1) is 30.7. The highest BCUT2D eigenvalue weighted by molar-refractivity contribution is 7.61.